The van der Waals surface area contributed by atoms with E-state index in [-0.39, 0.29) is 24.1 Å². The Labute approximate surface area is 190 Å². The summed E-state index contributed by atoms with van der Waals surface area (Å²) >= 11 is 1.62. The highest BCUT2D eigenvalue weighted by molar-refractivity contribution is 7.10. The summed E-state index contributed by atoms with van der Waals surface area (Å²) in [6, 6.07) is 19.3. The second-order valence-electron chi connectivity index (χ2n) is 7.76. The monoisotopic (exact) mass is 446 g/mol. The molecule has 0 saturated heterocycles. The number of para-hydroxylation sites is 1. The highest BCUT2D eigenvalue weighted by atomic mass is 32.1. The average molecular weight is 447 g/mol. The van der Waals surface area contributed by atoms with Gasteiger partial charge in [-0.2, -0.15) is 0 Å². The minimum atomic E-state index is -0.194. The molecule has 1 amide bonds. The largest absolute Gasteiger partial charge is 0.343 e. The van der Waals surface area contributed by atoms with Crippen LogP contribution in [-0.2, 0) is 11.3 Å². The molecule has 32 heavy (non-hydrogen) atoms. The Morgan fingerprint density at radius 3 is 2.62 bits per heavy atom. The van der Waals surface area contributed by atoms with Gasteiger partial charge in [0.1, 0.15) is 5.82 Å². The molecule has 2 aromatic carbocycles. The Morgan fingerprint density at radius 2 is 1.91 bits per heavy atom. The molecule has 0 spiro atoms. The Kier molecular flexibility index (Phi) is 6.78. The zero-order valence-electron chi connectivity index (χ0n) is 18.2. The molecule has 1 atom stereocenters. The SMILES string of the molecule is CCN(CC(=O)NC(c1ccc(C)cc1)c1cccs1)Cc1nc2ccccc2c(=O)[nH]1. The number of nitrogens with one attached hydrogen (secondary N) is 2. The van der Waals surface area contributed by atoms with Crippen molar-refractivity contribution in [1.29, 1.82) is 0 Å². The third-order valence-electron chi connectivity index (χ3n) is 5.39. The Bertz CT molecular complexity index is 1250. The van der Waals surface area contributed by atoms with Gasteiger partial charge in [0.2, 0.25) is 5.91 Å². The van der Waals surface area contributed by atoms with E-state index in [0.29, 0.717) is 29.8 Å². The van der Waals surface area contributed by atoms with Gasteiger partial charge in [-0.05, 0) is 42.6 Å². The second kappa shape index (κ2) is 9.89. The van der Waals surface area contributed by atoms with Crippen molar-refractivity contribution in [1.82, 2.24) is 20.2 Å². The summed E-state index contributed by atoms with van der Waals surface area (Å²) in [5.74, 6) is 0.477. The lowest BCUT2D eigenvalue weighted by atomic mass is 10.0. The van der Waals surface area contributed by atoms with Crippen LogP contribution in [0.25, 0.3) is 10.9 Å². The fourth-order valence-electron chi connectivity index (χ4n) is 3.64. The van der Waals surface area contributed by atoms with Gasteiger partial charge in [-0.3, -0.25) is 14.5 Å². The molecule has 0 bridgehead atoms. The van der Waals surface area contributed by atoms with Gasteiger partial charge in [0.25, 0.3) is 5.56 Å². The van der Waals surface area contributed by atoms with Crippen molar-refractivity contribution >= 4 is 28.1 Å². The van der Waals surface area contributed by atoms with E-state index in [1.165, 1.54) is 5.56 Å². The van der Waals surface area contributed by atoms with Gasteiger partial charge >= 0.3 is 0 Å². The predicted octanol–water partition coefficient (Wildman–Crippen LogP) is 4.02. The van der Waals surface area contributed by atoms with Gasteiger partial charge in [0, 0.05) is 4.88 Å². The highest BCUT2D eigenvalue weighted by Crippen LogP contribution is 2.26. The van der Waals surface area contributed by atoms with Crippen LogP contribution in [0.5, 0.6) is 0 Å². The van der Waals surface area contributed by atoms with E-state index in [1.54, 1.807) is 17.4 Å². The number of aromatic nitrogens is 2. The number of amides is 1. The first-order valence-corrected chi connectivity index (χ1v) is 11.5. The number of aryl methyl sites for hydroxylation is 1. The number of nitrogens with zero attached hydrogens (tertiary/aromatic N) is 2. The zero-order chi connectivity index (χ0) is 22.5. The van der Waals surface area contributed by atoms with Crippen molar-refractivity contribution in [3.8, 4) is 0 Å². The molecule has 0 aliphatic heterocycles. The maximum atomic E-state index is 13.0. The van der Waals surface area contributed by atoms with Crippen molar-refractivity contribution in [2.75, 3.05) is 13.1 Å². The third kappa shape index (κ3) is 5.12. The van der Waals surface area contributed by atoms with Crippen molar-refractivity contribution in [3.05, 3.63) is 98.2 Å². The molecule has 164 valence electrons. The Balaban J connectivity index is 1.48. The number of carbonyl (C=O) groups is 1. The predicted molar refractivity (Wildman–Crippen MR) is 129 cm³/mol. The van der Waals surface area contributed by atoms with Gasteiger partial charge in [-0.15, -0.1) is 11.3 Å². The summed E-state index contributed by atoms with van der Waals surface area (Å²) in [7, 11) is 0. The fourth-order valence-corrected chi connectivity index (χ4v) is 4.45. The molecular weight excluding hydrogens is 420 g/mol. The first-order chi connectivity index (χ1) is 15.5. The van der Waals surface area contributed by atoms with Crippen LogP contribution >= 0.6 is 11.3 Å². The molecule has 2 heterocycles. The lowest BCUT2D eigenvalue weighted by molar-refractivity contribution is -0.122. The van der Waals surface area contributed by atoms with Gasteiger partial charge in [0.05, 0.1) is 30.0 Å². The van der Waals surface area contributed by atoms with Crippen LogP contribution in [0.1, 0.15) is 34.8 Å². The van der Waals surface area contributed by atoms with Gasteiger partial charge in [-0.25, -0.2) is 4.98 Å². The molecule has 0 aliphatic rings. The minimum absolute atomic E-state index is 0.0750. The quantitative estimate of drug-likeness (QED) is 0.429. The van der Waals surface area contributed by atoms with E-state index in [0.717, 1.165) is 10.4 Å². The second-order valence-corrected chi connectivity index (χ2v) is 8.74. The first-order valence-electron chi connectivity index (χ1n) is 10.6. The van der Waals surface area contributed by atoms with Crippen LogP contribution in [0.2, 0.25) is 0 Å². The summed E-state index contributed by atoms with van der Waals surface area (Å²) in [5.41, 5.74) is 2.72. The molecule has 1 unspecified atom stereocenters. The highest BCUT2D eigenvalue weighted by Gasteiger charge is 2.20. The van der Waals surface area contributed by atoms with Gasteiger partial charge in [0.15, 0.2) is 0 Å². The van der Waals surface area contributed by atoms with Crippen LogP contribution in [0.15, 0.2) is 70.8 Å². The molecule has 0 fully saturated rings. The summed E-state index contributed by atoms with van der Waals surface area (Å²) in [6.45, 7) is 5.28. The number of hydrogen-bond acceptors (Lipinski definition) is 5. The normalized spacial score (nSPS) is 12.2. The number of fused-ring (bicyclic) bond motifs is 1. The van der Waals surface area contributed by atoms with Crippen LogP contribution in [0.4, 0.5) is 0 Å². The lowest BCUT2D eigenvalue weighted by Gasteiger charge is -2.23. The number of hydrogen-bond donors (Lipinski definition) is 2. The molecule has 0 radical (unpaired) electrons. The first kappa shape index (κ1) is 21.9. The molecule has 4 rings (SSSR count). The number of carbonyl (C=O) groups excluding carboxylic acids is 1. The van der Waals surface area contributed by atoms with Gasteiger partial charge < -0.3 is 10.3 Å². The number of aromatic amines is 1. The minimum Gasteiger partial charge on any atom is -0.343 e. The topological polar surface area (TPSA) is 78.1 Å². The fraction of sp³-hybridized carbons (Fsp3) is 0.240. The van der Waals surface area contributed by atoms with E-state index < -0.39 is 0 Å². The zero-order valence-corrected chi connectivity index (χ0v) is 19.0. The Hall–Kier alpha value is -3.29. The average Bonchev–Trinajstić information content (AvgIpc) is 3.32. The summed E-state index contributed by atoms with van der Waals surface area (Å²) in [5, 5.41) is 5.76. The molecule has 0 aliphatic carbocycles. The molecule has 7 heteroatoms. The van der Waals surface area contributed by atoms with Crippen LogP contribution in [-0.4, -0.2) is 33.9 Å². The van der Waals surface area contributed by atoms with E-state index in [2.05, 4.69) is 39.6 Å². The summed E-state index contributed by atoms with van der Waals surface area (Å²) < 4.78 is 0. The summed E-state index contributed by atoms with van der Waals surface area (Å²) in [4.78, 5) is 35.8. The maximum absolute atomic E-state index is 13.0. The number of thiophene rings is 1. The maximum Gasteiger partial charge on any atom is 0.258 e. The smallest absolute Gasteiger partial charge is 0.258 e. The number of likely N-dealkylation sites (N-methyl/N-ethyl adjacent to an activating group) is 1. The van der Waals surface area contributed by atoms with E-state index in [9.17, 15) is 9.59 Å². The van der Waals surface area contributed by atoms with E-state index in [1.807, 2.05) is 54.5 Å². The molecular formula is C25H26N4O2S. The molecule has 6 nitrogen and oxygen atoms in total. The molecule has 2 aromatic heterocycles. The molecule has 4 aromatic rings. The van der Waals surface area contributed by atoms with E-state index >= 15 is 0 Å². The van der Waals surface area contributed by atoms with Crippen LogP contribution < -0.4 is 10.9 Å². The number of H-pyrrole nitrogens is 1. The van der Waals surface area contributed by atoms with Crippen molar-refractivity contribution in [2.24, 2.45) is 0 Å². The van der Waals surface area contributed by atoms with Crippen molar-refractivity contribution in [3.63, 3.8) is 0 Å². The van der Waals surface area contributed by atoms with Gasteiger partial charge in [-0.1, -0.05) is 55.0 Å². The lowest BCUT2D eigenvalue weighted by Crippen LogP contribution is -2.39. The number of benzene rings is 2. The van der Waals surface area contributed by atoms with Crippen LogP contribution in [0, 0.1) is 6.92 Å². The molecule has 2 N–H and O–H groups in total. The Morgan fingerprint density at radius 1 is 1.12 bits per heavy atom. The van der Waals surface area contributed by atoms with E-state index in [4.69, 9.17) is 0 Å². The standard InChI is InChI=1S/C25H26N4O2S/c1-3-29(15-22-26-20-8-5-4-7-19(20)25(31)27-22)16-23(30)28-24(21-9-6-14-32-21)18-12-10-17(2)11-13-18/h4-14,24H,3,15-16H2,1-2H3,(H,28,30)(H,26,27,31). The number of rotatable bonds is 8. The van der Waals surface area contributed by atoms with Crippen molar-refractivity contribution in [2.45, 2.75) is 26.4 Å². The van der Waals surface area contributed by atoms with Crippen molar-refractivity contribution < 1.29 is 4.79 Å². The third-order valence-corrected chi connectivity index (χ3v) is 6.33. The molecule has 0 saturated carbocycles. The summed E-state index contributed by atoms with van der Waals surface area (Å²) in [6.07, 6.45) is 0. The van der Waals surface area contributed by atoms with Crippen LogP contribution in [0.3, 0.4) is 0 Å².